The Morgan fingerprint density at radius 2 is 2.00 bits per heavy atom. The average Bonchev–Trinajstić information content (AvgIpc) is 2.69. The first-order valence-electron chi connectivity index (χ1n) is 4.99. The van der Waals surface area contributed by atoms with Gasteiger partial charge in [0.15, 0.2) is 0 Å². The summed E-state index contributed by atoms with van der Waals surface area (Å²) in [5, 5.41) is 4.61. The van der Waals surface area contributed by atoms with Crippen molar-refractivity contribution < 1.29 is 0 Å². The minimum Gasteiger partial charge on any atom is -0.309 e. The summed E-state index contributed by atoms with van der Waals surface area (Å²) < 4.78 is 1.11. The van der Waals surface area contributed by atoms with Crippen LogP contribution in [0.2, 0.25) is 10.0 Å². The van der Waals surface area contributed by atoms with Crippen LogP contribution in [0.3, 0.4) is 0 Å². The van der Waals surface area contributed by atoms with Crippen molar-refractivity contribution >= 4 is 50.5 Å². The van der Waals surface area contributed by atoms with E-state index in [0.717, 1.165) is 9.35 Å². The molecule has 1 unspecified atom stereocenters. The molecule has 0 aliphatic rings. The van der Waals surface area contributed by atoms with Crippen LogP contribution in [-0.2, 0) is 0 Å². The standard InChI is InChI=1S/C12H10BrCl2NS/c1-16-12(10-4-5-11(13)17-10)8-3-2-7(14)6-9(8)15/h2-6,12,16H,1H3. The first-order chi connectivity index (χ1) is 8.11. The predicted molar refractivity (Wildman–Crippen MR) is 79.4 cm³/mol. The lowest BCUT2D eigenvalue weighted by molar-refractivity contribution is 0.704. The van der Waals surface area contributed by atoms with Crippen molar-refractivity contribution in [2.24, 2.45) is 0 Å². The van der Waals surface area contributed by atoms with Gasteiger partial charge in [0.25, 0.3) is 0 Å². The smallest absolute Gasteiger partial charge is 0.0702 e. The molecule has 1 atom stereocenters. The van der Waals surface area contributed by atoms with Crippen molar-refractivity contribution in [2.45, 2.75) is 6.04 Å². The normalized spacial score (nSPS) is 12.7. The number of rotatable bonds is 3. The van der Waals surface area contributed by atoms with Gasteiger partial charge in [-0.15, -0.1) is 11.3 Å². The average molecular weight is 351 g/mol. The first kappa shape index (κ1) is 13.4. The molecular weight excluding hydrogens is 341 g/mol. The minimum absolute atomic E-state index is 0.0936. The van der Waals surface area contributed by atoms with Gasteiger partial charge in [0.1, 0.15) is 0 Å². The van der Waals surface area contributed by atoms with E-state index in [-0.39, 0.29) is 6.04 Å². The molecule has 1 heterocycles. The molecule has 0 saturated heterocycles. The first-order valence-corrected chi connectivity index (χ1v) is 7.36. The summed E-state index contributed by atoms with van der Waals surface area (Å²) >= 11 is 17.3. The third kappa shape index (κ3) is 3.04. The number of nitrogens with one attached hydrogen (secondary N) is 1. The van der Waals surface area contributed by atoms with E-state index in [1.807, 2.05) is 25.2 Å². The molecule has 0 saturated carbocycles. The second-order valence-corrected chi connectivity index (χ2v) is 6.87. The van der Waals surface area contributed by atoms with E-state index in [2.05, 4.69) is 27.3 Å². The zero-order chi connectivity index (χ0) is 12.4. The predicted octanol–water partition coefficient (Wildman–Crippen LogP) is 5.13. The van der Waals surface area contributed by atoms with E-state index in [4.69, 9.17) is 23.2 Å². The van der Waals surface area contributed by atoms with Crippen molar-refractivity contribution in [3.05, 3.63) is 54.6 Å². The highest BCUT2D eigenvalue weighted by Gasteiger charge is 2.17. The van der Waals surface area contributed by atoms with Gasteiger partial charge in [0, 0.05) is 14.9 Å². The van der Waals surface area contributed by atoms with Crippen molar-refractivity contribution in [1.29, 1.82) is 0 Å². The van der Waals surface area contributed by atoms with Crippen LogP contribution in [0.4, 0.5) is 0 Å². The van der Waals surface area contributed by atoms with Gasteiger partial charge in [0.05, 0.1) is 9.83 Å². The fraction of sp³-hybridized carbons (Fsp3) is 0.167. The largest absolute Gasteiger partial charge is 0.309 e. The maximum absolute atomic E-state index is 6.23. The van der Waals surface area contributed by atoms with E-state index in [9.17, 15) is 0 Å². The molecule has 0 aliphatic heterocycles. The summed E-state index contributed by atoms with van der Waals surface area (Å²) in [6, 6.07) is 9.80. The van der Waals surface area contributed by atoms with Gasteiger partial charge in [-0.2, -0.15) is 0 Å². The van der Waals surface area contributed by atoms with Crippen LogP contribution >= 0.6 is 50.5 Å². The van der Waals surface area contributed by atoms with Crippen LogP contribution in [0.1, 0.15) is 16.5 Å². The Bertz CT molecular complexity index is 527. The van der Waals surface area contributed by atoms with Gasteiger partial charge in [-0.05, 0) is 52.8 Å². The molecular formula is C12H10BrCl2NS. The van der Waals surface area contributed by atoms with Crippen LogP contribution < -0.4 is 5.32 Å². The molecule has 1 N–H and O–H groups in total. The highest BCUT2D eigenvalue weighted by molar-refractivity contribution is 9.11. The molecule has 0 radical (unpaired) electrons. The molecule has 0 bridgehead atoms. The Kier molecular flexibility index (Phi) is 4.50. The summed E-state index contributed by atoms with van der Waals surface area (Å²) in [5.74, 6) is 0. The van der Waals surface area contributed by atoms with Crippen molar-refractivity contribution in [2.75, 3.05) is 7.05 Å². The molecule has 0 fully saturated rings. The monoisotopic (exact) mass is 349 g/mol. The Hall–Kier alpha value is -0.0600. The third-order valence-electron chi connectivity index (χ3n) is 2.44. The zero-order valence-electron chi connectivity index (χ0n) is 9.01. The summed E-state index contributed by atoms with van der Waals surface area (Å²) in [5.41, 5.74) is 1.04. The lowest BCUT2D eigenvalue weighted by Gasteiger charge is -2.16. The minimum atomic E-state index is 0.0936. The molecule has 0 spiro atoms. The fourth-order valence-corrected chi connectivity index (χ4v) is 3.74. The highest BCUT2D eigenvalue weighted by Crippen LogP contribution is 2.34. The van der Waals surface area contributed by atoms with Gasteiger partial charge >= 0.3 is 0 Å². The third-order valence-corrected chi connectivity index (χ3v) is 4.69. The van der Waals surface area contributed by atoms with Gasteiger partial charge in [-0.25, -0.2) is 0 Å². The molecule has 90 valence electrons. The van der Waals surface area contributed by atoms with Gasteiger partial charge < -0.3 is 5.32 Å². The highest BCUT2D eigenvalue weighted by atomic mass is 79.9. The second kappa shape index (κ2) is 5.72. The summed E-state index contributed by atoms with van der Waals surface area (Å²) in [6.07, 6.45) is 0. The Morgan fingerprint density at radius 3 is 2.53 bits per heavy atom. The molecule has 1 aromatic heterocycles. The van der Waals surface area contributed by atoms with Crippen LogP contribution in [0.25, 0.3) is 0 Å². The van der Waals surface area contributed by atoms with Crippen molar-refractivity contribution in [3.8, 4) is 0 Å². The van der Waals surface area contributed by atoms with Gasteiger partial charge in [-0.1, -0.05) is 29.3 Å². The van der Waals surface area contributed by atoms with E-state index < -0.39 is 0 Å². The van der Waals surface area contributed by atoms with Gasteiger partial charge in [-0.3, -0.25) is 0 Å². The van der Waals surface area contributed by atoms with Gasteiger partial charge in [0.2, 0.25) is 0 Å². The van der Waals surface area contributed by atoms with E-state index >= 15 is 0 Å². The van der Waals surface area contributed by atoms with E-state index in [1.165, 1.54) is 4.88 Å². The lowest BCUT2D eigenvalue weighted by Crippen LogP contribution is -2.16. The molecule has 1 aromatic carbocycles. The lowest BCUT2D eigenvalue weighted by atomic mass is 10.1. The van der Waals surface area contributed by atoms with Crippen molar-refractivity contribution in [3.63, 3.8) is 0 Å². The van der Waals surface area contributed by atoms with Crippen LogP contribution in [-0.4, -0.2) is 7.05 Å². The number of hydrogen-bond donors (Lipinski definition) is 1. The number of benzene rings is 1. The Labute approximate surface area is 123 Å². The molecule has 1 nitrogen and oxygen atoms in total. The summed E-state index contributed by atoms with van der Waals surface area (Å²) in [6.45, 7) is 0. The summed E-state index contributed by atoms with van der Waals surface area (Å²) in [7, 11) is 1.92. The quantitative estimate of drug-likeness (QED) is 0.809. The molecule has 0 amide bonds. The van der Waals surface area contributed by atoms with Crippen LogP contribution in [0, 0.1) is 0 Å². The SMILES string of the molecule is CNC(c1ccc(Br)s1)c1ccc(Cl)cc1Cl. The second-order valence-electron chi connectivity index (χ2n) is 3.53. The Morgan fingerprint density at radius 1 is 1.24 bits per heavy atom. The molecule has 17 heavy (non-hydrogen) atoms. The molecule has 0 aliphatic carbocycles. The number of halogens is 3. The van der Waals surface area contributed by atoms with E-state index in [1.54, 1.807) is 17.4 Å². The topological polar surface area (TPSA) is 12.0 Å². The molecule has 2 aromatic rings. The van der Waals surface area contributed by atoms with E-state index in [0.29, 0.717) is 10.0 Å². The summed E-state index contributed by atoms with van der Waals surface area (Å²) in [4.78, 5) is 1.21. The maximum atomic E-state index is 6.23. The zero-order valence-corrected chi connectivity index (χ0v) is 12.9. The van der Waals surface area contributed by atoms with Crippen LogP contribution in [0.5, 0.6) is 0 Å². The maximum Gasteiger partial charge on any atom is 0.0702 e. The molecule has 5 heteroatoms. The Balaban J connectivity index is 2.42. The van der Waals surface area contributed by atoms with Crippen molar-refractivity contribution in [1.82, 2.24) is 5.32 Å². The molecule has 2 rings (SSSR count). The fourth-order valence-electron chi connectivity index (χ4n) is 1.67. The number of thiophene rings is 1. The number of hydrogen-bond acceptors (Lipinski definition) is 2. The van der Waals surface area contributed by atoms with Crippen LogP contribution in [0.15, 0.2) is 34.1 Å².